The summed E-state index contributed by atoms with van der Waals surface area (Å²) in [6.07, 6.45) is 4.55. The Labute approximate surface area is 192 Å². The zero-order valence-electron chi connectivity index (χ0n) is 19.4. The smallest absolute Gasteiger partial charge is 0.224 e. The van der Waals surface area contributed by atoms with Gasteiger partial charge in [-0.25, -0.2) is 13.4 Å². The van der Waals surface area contributed by atoms with Crippen molar-refractivity contribution >= 4 is 10.0 Å². The molecule has 1 heterocycles. The lowest BCUT2D eigenvalue weighted by Gasteiger charge is -2.30. The highest BCUT2D eigenvalue weighted by atomic mass is 32.2. The maximum absolute atomic E-state index is 11.9. The van der Waals surface area contributed by atoms with Gasteiger partial charge in [0.15, 0.2) is 0 Å². The number of nitrogens with zero attached hydrogens (tertiary/aromatic N) is 2. The number of fused-ring (bicyclic) bond motifs is 2. The van der Waals surface area contributed by atoms with E-state index in [1.165, 1.54) is 40.7 Å². The van der Waals surface area contributed by atoms with E-state index in [2.05, 4.69) is 53.2 Å². The minimum Gasteiger partial charge on any atom is -0.496 e. The van der Waals surface area contributed by atoms with Crippen molar-refractivity contribution in [2.45, 2.75) is 51.6 Å². The summed E-state index contributed by atoms with van der Waals surface area (Å²) in [5.41, 5.74) is 6.57. The fraction of sp³-hybridized carbons (Fsp3) is 0.520. The summed E-state index contributed by atoms with van der Waals surface area (Å²) in [7, 11) is 0.744. The van der Waals surface area contributed by atoms with Gasteiger partial charge in [-0.1, -0.05) is 30.3 Å². The Morgan fingerprint density at radius 1 is 1.19 bits per heavy atom. The van der Waals surface area contributed by atoms with E-state index in [0.717, 1.165) is 31.7 Å². The van der Waals surface area contributed by atoms with Gasteiger partial charge in [-0.2, -0.15) is 0 Å². The quantitative estimate of drug-likeness (QED) is 0.625. The molecular weight excluding hydrogens is 422 g/mol. The van der Waals surface area contributed by atoms with Crippen LogP contribution in [0.4, 0.5) is 0 Å². The molecule has 1 N–H and O–H groups in total. The molecule has 1 aliphatic heterocycles. The van der Waals surface area contributed by atoms with Gasteiger partial charge in [-0.15, -0.1) is 4.83 Å². The standard InChI is InChI=1S/C25H35N3O3S/c1-4-32(29,30)26-28-17-20-12-11-19(15-22(20)18-28)13-14-27(2)16-21-7-5-9-24-23(21)8-6-10-25(24)31-3/h6,8,10-12,15,21,26H,4-5,7,9,13-14,16-18H2,1-3H3/t21-/m0/s1. The highest BCUT2D eigenvalue weighted by Gasteiger charge is 2.24. The molecule has 0 spiro atoms. The molecule has 1 atom stereocenters. The molecule has 2 aliphatic rings. The second kappa shape index (κ2) is 9.91. The van der Waals surface area contributed by atoms with Gasteiger partial charge < -0.3 is 9.64 Å². The molecule has 1 aliphatic carbocycles. The molecule has 7 heteroatoms. The molecule has 0 fully saturated rings. The van der Waals surface area contributed by atoms with E-state index in [4.69, 9.17) is 4.74 Å². The van der Waals surface area contributed by atoms with Crippen LogP contribution in [-0.2, 0) is 36.0 Å². The molecule has 0 bridgehead atoms. The molecular formula is C25H35N3O3S. The van der Waals surface area contributed by atoms with E-state index in [0.29, 0.717) is 19.0 Å². The Kier molecular flexibility index (Phi) is 7.20. The number of hydrogen-bond acceptors (Lipinski definition) is 5. The first-order valence-electron chi connectivity index (χ1n) is 11.6. The molecule has 0 unspecified atom stereocenters. The molecule has 0 radical (unpaired) electrons. The highest BCUT2D eigenvalue weighted by molar-refractivity contribution is 7.89. The number of benzene rings is 2. The van der Waals surface area contributed by atoms with E-state index in [-0.39, 0.29) is 5.75 Å². The van der Waals surface area contributed by atoms with Crippen LogP contribution in [0.3, 0.4) is 0 Å². The van der Waals surface area contributed by atoms with Crippen LogP contribution in [0, 0.1) is 0 Å². The SMILES string of the molecule is CCS(=O)(=O)NN1Cc2ccc(CCN(C)C[C@@H]3CCCc4c(OC)cccc43)cc2C1. The van der Waals surface area contributed by atoms with Crippen molar-refractivity contribution in [2.75, 3.05) is 33.0 Å². The van der Waals surface area contributed by atoms with Gasteiger partial charge in [-0.05, 0) is 79.5 Å². The first-order chi connectivity index (χ1) is 15.4. The third kappa shape index (κ3) is 5.34. The summed E-state index contributed by atoms with van der Waals surface area (Å²) in [6, 6.07) is 13.0. The molecule has 0 saturated carbocycles. The molecule has 4 rings (SSSR count). The average molecular weight is 458 g/mol. The van der Waals surface area contributed by atoms with Crippen molar-refractivity contribution in [1.29, 1.82) is 0 Å². The Morgan fingerprint density at radius 3 is 2.78 bits per heavy atom. The Hall–Kier alpha value is -1.93. The number of hydrogen-bond donors (Lipinski definition) is 1. The van der Waals surface area contributed by atoms with Crippen LogP contribution in [0.5, 0.6) is 5.75 Å². The maximum atomic E-state index is 11.9. The van der Waals surface area contributed by atoms with Gasteiger partial charge in [-0.3, -0.25) is 0 Å². The van der Waals surface area contributed by atoms with Crippen LogP contribution >= 0.6 is 0 Å². The second-order valence-corrected chi connectivity index (χ2v) is 11.1. The molecule has 0 saturated heterocycles. The van der Waals surface area contributed by atoms with Crippen LogP contribution in [0.25, 0.3) is 0 Å². The van der Waals surface area contributed by atoms with E-state index in [9.17, 15) is 8.42 Å². The number of ether oxygens (including phenoxy) is 1. The molecule has 2 aromatic rings. The van der Waals surface area contributed by atoms with Crippen molar-refractivity contribution in [2.24, 2.45) is 0 Å². The van der Waals surface area contributed by atoms with E-state index < -0.39 is 10.0 Å². The molecule has 6 nitrogen and oxygen atoms in total. The average Bonchev–Trinajstić information content (AvgIpc) is 3.18. The number of sulfonamides is 1. The van der Waals surface area contributed by atoms with E-state index in [1.807, 2.05) is 0 Å². The summed E-state index contributed by atoms with van der Waals surface area (Å²) in [5.74, 6) is 1.68. The predicted octanol–water partition coefficient (Wildman–Crippen LogP) is 3.46. The molecule has 0 amide bonds. The zero-order chi connectivity index (χ0) is 22.7. The highest BCUT2D eigenvalue weighted by Crippen LogP contribution is 2.37. The topological polar surface area (TPSA) is 61.9 Å². The van der Waals surface area contributed by atoms with Crippen LogP contribution in [-0.4, -0.2) is 51.3 Å². The second-order valence-electron chi connectivity index (χ2n) is 9.08. The van der Waals surface area contributed by atoms with Crippen LogP contribution in [0.1, 0.15) is 53.5 Å². The van der Waals surface area contributed by atoms with Gasteiger partial charge >= 0.3 is 0 Å². The third-order valence-corrected chi connectivity index (χ3v) is 8.06. The van der Waals surface area contributed by atoms with E-state index in [1.54, 1.807) is 19.0 Å². The molecule has 32 heavy (non-hydrogen) atoms. The zero-order valence-corrected chi connectivity index (χ0v) is 20.2. The van der Waals surface area contributed by atoms with Crippen molar-refractivity contribution in [1.82, 2.24) is 14.7 Å². The maximum Gasteiger partial charge on any atom is 0.224 e. The number of hydrazine groups is 1. The first-order valence-corrected chi connectivity index (χ1v) is 13.2. The van der Waals surface area contributed by atoms with Crippen LogP contribution in [0.15, 0.2) is 36.4 Å². The third-order valence-electron chi connectivity index (χ3n) is 6.76. The number of methoxy groups -OCH3 is 1. The lowest BCUT2D eigenvalue weighted by molar-refractivity contribution is 0.248. The molecule has 2 aromatic carbocycles. The molecule has 0 aromatic heterocycles. The monoisotopic (exact) mass is 457 g/mol. The lowest BCUT2D eigenvalue weighted by Crippen LogP contribution is -2.39. The number of nitrogens with one attached hydrogen (secondary N) is 1. The Bertz CT molecular complexity index is 1050. The van der Waals surface area contributed by atoms with Crippen LogP contribution < -0.4 is 9.57 Å². The Balaban J connectivity index is 1.33. The number of rotatable bonds is 9. The Morgan fingerprint density at radius 2 is 2.00 bits per heavy atom. The summed E-state index contributed by atoms with van der Waals surface area (Å²) >= 11 is 0. The summed E-state index contributed by atoms with van der Waals surface area (Å²) < 4.78 is 29.3. The van der Waals surface area contributed by atoms with Gasteiger partial charge in [0.05, 0.1) is 12.9 Å². The fourth-order valence-corrected chi connectivity index (χ4v) is 5.66. The molecule has 174 valence electrons. The summed E-state index contributed by atoms with van der Waals surface area (Å²) in [6.45, 7) is 4.96. The first kappa shape index (κ1) is 23.2. The lowest BCUT2D eigenvalue weighted by atomic mass is 9.82. The van der Waals surface area contributed by atoms with Gasteiger partial charge in [0.2, 0.25) is 10.0 Å². The van der Waals surface area contributed by atoms with Crippen molar-refractivity contribution in [3.8, 4) is 5.75 Å². The van der Waals surface area contributed by atoms with Gasteiger partial charge in [0.1, 0.15) is 5.75 Å². The minimum absolute atomic E-state index is 0.0929. The fourth-order valence-electron chi connectivity index (χ4n) is 5.01. The number of likely N-dealkylation sites (N-methyl/N-ethyl adjacent to an activating group) is 1. The summed E-state index contributed by atoms with van der Waals surface area (Å²) in [4.78, 5) is 5.11. The van der Waals surface area contributed by atoms with Crippen molar-refractivity contribution < 1.29 is 13.2 Å². The van der Waals surface area contributed by atoms with Gasteiger partial charge in [0, 0.05) is 26.2 Å². The normalized spacial score (nSPS) is 18.6. The van der Waals surface area contributed by atoms with Gasteiger partial charge in [0.25, 0.3) is 0 Å². The van der Waals surface area contributed by atoms with Crippen molar-refractivity contribution in [3.63, 3.8) is 0 Å². The van der Waals surface area contributed by atoms with Crippen LogP contribution in [0.2, 0.25) is 0 Å². The summed E-state index contributed by atoms with van der Waals surface area (Å²) in [5, 5.41) is 1.79. The largest absolute Gasteiger partial charge is 0.496 e. The minimum atomic E-state index is -3.23. The van der Waals surface area contributed by atoms with E-state index >= 15 is 0 Å². The predicted molar refractivity (Wildman–Crippen MR) is 128 cm³/mol. The van der Waals surface area contributed by atoms with Crippen molar-refractivity contribution in [3.05, 3.63) is 64.2 Å².